The van der Waals surface area contributed by atoms with Crippen LogP contribution in [0.3, 0.4) is 0 Å². The van der Waals surface area contributed by atoms with Crippen molar-refractivity contribution in [3.63, 3.8) is 0 Å². The summed E-state index contributed by atoms with van der Waals surface area (Å²) in [5, 5.41) is 3.06. The number of rotatable bonds is 6. The van der Waals surface area contributed by atoms with Crippen molar-refractivity contribution in [3.8, 4) is 0 Å². The summed E-state index contributed by atoms with van der Waals surface area (Å²) < 4.78 is 0. The van der Waals surface area contributed by atoms with Gasteiger partial charge in [0.1, 0.15) is 0 Å². The van der Waals surface area contributed by atoms with Gasteiger partial charge in [-0.25, -0.2) is 0 Å². The van der Waals surface area contributed by atoms with E-state index < -0.39 is 0 Å². The maximum absolute atomic E-state index is 11.9. The molecule has 1 aliphatic rings. The molecule has 0 saturated carbocycles. The van der Waals surface area contributed by atoms with E-state index in [9.17, 15) is 4.79 Å². The number of likely N-dealkylation sites (tertiary alicyclic amines) is 1. The Labute approximate surface area is 105 Å². The van der Waals surface area contributed by atoms with Crippen molar-refractivity contribution in [2.45, 2.75) is 26.7 Å². The van der Waals surface area contributed by atoms with Crippen LogP contribution in [0, 0.1) is 17.8 Å². The molecule has 1 saturated heterocycles. The number of nitrogens with two attached hydrogens (primary N) is 1. The average Bonchev–Trinajstić information content (AvgIpc) is 2.68. The van der Waals surface area contributed by atoms with Gasteiger partial charge in [-0.2, -0.15) is 0 Å². The smallest absolute Gasteiger partial charge is 0.224 e. The molecule has 3 N–H and O–H groups in total. The highest BCUT2D eigenvalue weighted by Crippen LogP contribution is 2.14. The van der Waals surface area contributed by atoms with Crippen molar-refractivity contribution in [3.05, 3.63) is 0 Å². The summed E-state index contributed by atoms with van der Waals surface area (Å²) in [6.07, 6.45) is 2.07. The first kappa shape index (κ1) is 14.5. The molecule has 1 aliphatic heterocycles. The number of hydrogen-bond acceptors (Lipinski definition) is 3. The minimum Gasteiger partial charge on any atom is -0.355 e. The van der Waals surface area contributed by atoms with Crippen molar-refractivity contribution in [1.82, 2.24) is 10.2 Å². The molecule has 1 heterocycles. The lowest BCUT2D eigenvalue weighted by atomic mass is 9.96. The maximum atomic E-state index is 11.9. The average molecular weight is 241 g/mol. The molecule has 0 aromatic carbocycles. The zero-order valence-electron chi connectivity index (χ0n) is 11.4. The number of amides is 1. The molecule has 1 rings (SSSR count). The zero-order chi connectivity index (χ0) is 12.8. The normalized spacial score (nSPS) is 23.0. The summed E-state index contributed by atoms with van der Waals surface area (Å²) >= 11 is 0. The number of hydrogen-bond donors (Lipinski definition) is 2. The Morgan fingerprint density at radius 1 is 1.53 bits per heavy atom. The van der Waals surface area contributed by atoms with Gasteiger partial charge in [-0.1, -0.05) is 13.8 Å². The van der Waals surface area contributed by atoms with Crippen LogP contribution in [-0.4, -0.2) is 44.0 Å². The highest BCUT2D eigenvalue weighted by atomic mass is 16.1. The molecule has 0 spiro atoms. The van der Waals surface area contributed by atoms with Crippen molar-refractivity contribution in [2.24, 2.45) is 23.5 Å². The van der Waals surface area contributed by atoms with Crippen LogP contribution < -0.4 is 11.1 Å². The Bertz CT molecular complexity index is 243. The highest BCUT2D eigenvalue weighted by molar-refractivity contribution is 5.78. The number of nitrogens with zero attached hydrogens (tertiary/aromatic N) is 1. The summed E-state index contributed by atoms with van der Waals surface area (Å²) in [6.45, 7) is 7.75. The molecule has 4 nitrogen and oxygen atoms in total. The molecule has 0 aromatic rings. The second-order valence-corrected chi connectivity index (χ2v) is 5.72. The maximum Gasteiger partial charge on any atom is 0.224 e. The molecule has 2 unspecified atom stereocenters. The zero-order valence-corrected chi connectivity index (χ0v) is 11.4. The molecule has 1 fully saturated rings. The van der Waals surface area contributed by atoms with E-state index in [0.717, 1.165) is 26.1 Å². The van der Waals surface area contributed by atoms with Gasteiger partial charge in [-0.05, 0) is 38.3 Å². The van der Waals surface area contributed by atoms with E-state index >= 15 is 0 Å². The second kappa shape index (κ2) is 6.97. The second-order valence-electron chi connectivity index (χ2n) is 5.72. The molecule has 4 heteroatoms. The van der Waals surface area contributed by atoms with E-state index in [0.29, 0.717) is 18.4 Å². The SMILES string of the molecule is CC(C)CC(CN)C(=O)NCC1CCN(C)C1. The monoisotopic (exact) mass is 241 g/mol. The van der Waals surface area contributed by atoms with Gasteiger partial charge in [-0.3, -0.25) is 4.79 Å². The topological polar surface area (TPSA) is 58.4 Å². The third kappa shape index (κ3) is 5.04. The van der Waals surface area contributed by atoms with E-state index in [4.69, 9.17) is 5.73 Å². The predicted octanol–water partition coefficient (Wildman–Crippen LogP) is 0.675. The van der Waals surface area contributed by atoms with E-state index in [1.54, 1.807) is 0 Å². The lowest BCUT2D eigenvalue weighted by molar-refractivity contribution is -0.125. The molecule has 100 valence electrons. The summed E-state index contributed by atoms with van der Waals surface area (Å²) in [5.41, 5.74) is 5.66. The quantitative estimate of drug-likeness (QED) is 0.719. The standard InChI is InChI=1S/C13H27N3O/c1-10(2)6-12(7-14)13(17)15-8-11-4-5-16(3)9-11/h10-12H,4-9,14H2,1-3H3,(H,15,17). The Morgan fingerprint density at radius 3 is 2.71 bits per heavy atom. The number of carbonyl (C=O) groups excluding carboxylic acids is 1. The van der Waals surface area contributed by atoms with E-state index in [2.05, 4.69) is 31.1 Å². The van der Waals surface area contributed by atoms with Crippen LogP contribution in [0.1, 0.15) is 26.7 Å². The van der Waals surface area contributed by atoms with Crippen molar-refractivity contribution in [1.29, 1.82) is 0 Å². The van der Waals surface area contributed by atoms with Gasteiger partial charge in [0.15, 0.2) is 0 Å². The molecule has 2 atom stereocenters. The van der Waals surface area contributed by atoms with Crippen molar-refractivity contribution < 1.29 is 4.79 Å². The largest absolute Gasteiger partial charge is 0.355 e. The lowest BCUT2D eigenvalue weighted by Gasteiger charge is -2.18. The molecular weight excluding hydrogens is 214 g/mol. The minimum atomic E-state index is -0.0193. The summed E-state index contributed by atoms with van der Waals surface area (Å²) in [6, 6.07) is 0. The van der Waals surface area contributed by atoms with Crippen LogP contribution in [0.5, 0.6) is 0 Å². The van der Waals surface area contributed by atoms with Gasteiger partial charge in [0.05, 0.1) is 5.92 Å². The molecule has 0 bridgehead atoms. The fraction of sp³-hybridized carbons (Fsp3) is 0.923. The predicted molar refractivity (Wildman–Crippen MR) is 70.6 cm³/mol. The number of nitrogens with one attached hydrogen (secondary N) is 1. The Morgan fingerprint density at radius 2 is 2.24 bits per heavy atom. The van der Waals surface area contributed by atoms with Gasteiger partial charge in [0, 0.05) is 19.6 Å². The van der Waals surface area contributed by atoms with Crippen LogP contribution in [0.25, 0.3) is 0 Å². The molecular formula is C13H27N3O. The van der Waals surface area contributed by atoms with Gasteiger partial charge in [0.25, 0.3) is 0 Å². The van der Waals surface area contributed by atoms with E-state index in [1.165, 1.54) is 6.42 Å². The Kier molecular flexibility index (Phi) is 5.92. The first-order valence-corrected chi connectivity index (χ1v) is 6.69. The molecule has 0 aromatic heterocycles. The first-order chi connectivity index (χ1) is 8.02. The molecule has 0 radical (unpaired) electrons. The third-order valence-electron chi connectivity index (χ3n) is 3.47. The highest BCUT2D eigenvalue weighted by Gasteiger charge is 2.22. The van der Waals surface area contributed by atoms with Crippen LogP contribution in [0.15, 0.2) is 0 Å². The summed E-state index contributed by atoms with van der Waals surface area (Å²) in [7, 11) is 2.13. The summed E-state index contributed by atoms with van der Waals surface area (Å²) in [4.78, 5) is 14.3. The lowest BCUT2D eigenvalue weighted by Crippen LogP contribution is -2.38. The molecule has 17 heavy (non-hydrogen) atoms. The van der Waals surface area contributed by atoms with E-state index in [-0.39, 0.29) is 11.8 Å². The van der Waals surface area contributed by atoms with Crippen LogP contribution in [-0.2, 0) is 4.79 Å². The van der Waals surface area contributed by atoms with Crippen LogP contribution >= 0.6 is 0 Å². The van der Waals surface area contributed by atoms with Gasteiger partial charge >= 0.3 is 0 Å². The van der Waals surface area contributed by atoms with Crippen LogP contribution in [0.4, 0.5) is 0 Å². The van der Waals surface area contributed by atoms with Gasteiger partial charge < -0.3 is 16.0 Å². The Balaban J connectivity index is 2.27. The van der Waals surface area contributed by atoms with Crippen molar-refractivity contribution in [2.75, 3.05) is 33.2 Å². The van der Waals surface area contributed by atoms with Crippen LogP contribution in [0.2, 0.25) is 0 Å². The number of carbonyl (C=O) groups is 1. The minimum absolute atomic E-state index is 0.0193. The van der Waals surface area contributed by atoms with Gasteiger partial charge in [-0.15, -0.1) is 0 Å². The van der Waals surface area contributed by atoms with E-state index in [1.807, 2.05) is 0 Å². The Hall–Kier alpha value is -0.610. The third-order valence-corrected chi connectivity index (χ3v) is 3.47. The first-order valence-electron chi connectivity index (χ1n) is 6.69. The molecule has 1 amide bonds. The van der Waals surface area contributed by atoms with Gasteiger partial charge in [0.2, 0.25) is 5.91 Å². The fourth-order valence-corrected chi connectivity index (χ4v) is 2.46. The van der Waals surface area contributed by atoms with Crippen molar-refractivity contribution >= 4 is 5.91 Å². The molecule has 0 aliphatic carbocycles. The fourth-order valence-electron chi connectivity index (χ4n) is 2.46. The summed E-state index contributed by atoms with van der Waals surface area (Å²) in [5.74, 6) is 1.25.